The van der Waals surface area contributed by atoms with Crippen LogP contribution in [0.1, 0.15) is 12.5 Å². The Balaban J connectivity index is 2.68. The number of halogens is 2. The molecule has 1 atom stereocenters. The lowest BCUT2D eigenvalue weighted by Gasteiger charge is -2.06. The van der Waals surface area contributed by atoms with Gasteiger partial charge in [-0.25, -0.2) is 0 Å². The van der Waals surface area contributed by atoms with Crippen molar-refractivity contribution in [2.75, 3.05) is 0 Å². The minimum atomic E-state index is -2.36. The lowest BCUT2D eigenvalue weighted by Crippen LogP contribution is -2.17. The minimum absolute atomic E-state index is 0.0572. The van der Waals surface area contributed by atoms with Crippen LogP contribution in [0.25, 0.3) is 0 Å². The van der Waals surface area contributed by atoms with Crippen molar-refractivity contribution in [2.24, 2.45) is 5.73 Å². The highest BCUT2D eigenvalue weighted by molar-refractivity contribution is 7.99. The van der Waals surface area contributed by atoms with Crippen LogP contribution in [-0.4, -0.2) is 11.8 Å². The van der Waals surface area contributed by atoms with Gasteiger partial charge in [-0.05, 0) is 31.0 Å². The number of rotatable bonds is 4. The van der Waals surface area contributed by atoms with Crippen LogP contribution in [-0.2, 0) is 6.42 Å². The number of hydrogen-bond donors (Lipinski definition) is 1. The SMILES string of the molecule is C[C@@H](N)Cc1cccc(SC(F)F)c1. The normalized spacial score (nSPS) is 13.2. The third-order valence-corrected chi connectivity index (χ3v) is 2.39. The largest absolute Gasteiger partial charge is 0.328 e. The van der Waals surface area contributed by atoms with Crippen LogP contribution in [0.3, 0.4) is 0 Å². The Morgan fingerprint density at radius 1 is 1.43 bits per heavy atom. The maximum atomic E-state index is 12.1. The lowest BCUT2D eigenvalue weighted by molar-refractivity contribution is 0.252. The molecule has 4 heteroatoms. The molecule has 0 aromatic heterocycles. The number of nitrogens with two attached hydrogens (primary N) is 1. The van der Waals surface area contributed by atoms with Crippen LogP contribution in [0.15, 0.2) is 29.2 Å². The average molecular weight is 217 g/mol. The molecule has 0 heterocycles. The average Bonchev–Trinajstić information content (AvgIpc) is 2.01. The van der Waals surface area contributed by atoms with Crippen molar-refractivity contribution in [3.05, 3.63) is 29.8 Å². The van der Waals surface area contributed by atoms with Gasteiger partial charge in [-0.3, -0.25) is 0 Å². The van der Waals surface area contributed by atoms with E-state index in [-0.39, 0.29) is 6.04 Å². The summed E-state index contributed by atoms with van der Waals surface area (Å²) in [7, 11) is 0. The quantitative estimate of drug-likeness (QED) is 0.785. The van der Waals surface area contributed by atoms with Gasteiger partial charge in [-0.1, -0.05) is 23.9 Å². The molecular weight excluding hydrogens is 204 g/mol. The van der Waals surface area contributed by atoms with Gasteiger partial charge in [0.1, 0.15) is 0 Å². The molecule has 1 aromatic rings. The molecule has 1 aromatic carbocycles. The summed E-state index contributed by atoms with van der Waals surface area (Å²) in [5, 5.41) is 0. The van der Waals surface area contributed by atoms with Crippen molar-refractivity contribution >= 4 is 11.8 Å². The molecule has 2 N–H and O–H groups in total. The molecule has 0 spiro atoms. The summed E-state index contributed by atoms with van der Waals surface area (Å²) >= 11 is 0.566. The molecule has 0 saturated carbocycles. The van der Waals surface area contributed by atoms with E-state index in [0.29, 0.717) is 16.7 Å². The Hall–Kier alpha value is -0.610. The molecule has 14 heavy (non-hydrogen) atoms. The summed E-state index contributed by atoms with van der Waals surface area (Å²) in [5.41, 5.74) is 6.63. The second-order valence-corrected chi connectivity index (χ2v) is 4.27. The Morgan fingerprint density at radius 3 is 2.71 bits per heavy atom. The molecule has 0 aliphatic rings. The number of alkyl halides is 2. The molecule has 0 fully saturated rings. The summed E-state index contributed by atoms with van der Waals surface area (Å²) < 4.78 is 24.1. The first kappa shape index (κ1) is 11.5. The van der Waals surface area contributed by atoms with Gasteiger partial charge in [0, 0.05) is 10.9 Å². The van der Waals surface area contributed by atoms with Gasteiger partial charge in [0.25, 0.3) is 5.76 Å². The summed E-state index contributed by atoms with van der Waals surface area (Å²) in [4.78, 5) is 0.596. The Kier molecular flexibility index (Phi) is 4.35. The zero-order chi connectivity index (χ0) is 10.6. The highest BCUT2D eigenvalue weighted by Crippen LogP contribution is 2.25. The maximum Gasteiger partial charge on any atom is 0.288 e. The summed E-state index contributed by atoms with van der Waals surface area (Å²) in [6.45, 7) is 1.90. The van der Waals surface area contributed by atoms with Gasteiger partial charge in [0.15, 0.2) is 0 Å². The van der Waals surface area contributed by atoms with Gasteiger partial charge in [0.05, 0.1) is 0 Å². The zero-order valence-corrected chi connectivity index (χ0v) is 8.73. The van der Waals surface area contributed by atoms with Crippen molar-refractivity contribution in [2.45, 2.75) is 30.0 Å². The summed E-state index contributed by atoms with van der Waals surface area (Å²) in [6.07, 6.45) is 0.720. The van der Waals surface area contributed by atoms with E-state index in [9.17, 15) is 8.78 Å². The number of hydrogen-bond acceptors (Lipinski definition) is 2. The molecule has 0 saturated heterocycles. The molecule has 78 valence electrons. The summed E-state index contributed by atoms with van der Waals surface area (Å²) in [5.74, 6) is -2.36. The van der Waals surface area contributed by atoms with Gasteiger partial charge < -0.3 is 5.73 Å². The van der Waals surface area contributed by atoms with Crippen LogP contribution in [0.5, 0.6) is 0 Å². The Labute approximate surface area is 86.7 Å². The highest BCUT2D eigenvalue weighted by Gasteiger charge is 2.06. The Bertz CT molecular complexity index is 264. The van der Waals surface area contributed by atoms with E-state index >= 15 is 0 Å². The maximum absolute atomic E-state index is 12.1. The molecule has 0 aliphatic carbocycles. The fraction of sp³-hybridized carbons (Fsp3) is 0.400. The lowest BCUT2D eigenvalue weighted by atomic mass is 10.1. The summed E-state index contributed by atoms with van der Waals surface area (Å²) in [6, 6.07) is 7.19. The zero-order valence-electron chi connectivity index (χ0n) is 7.91. The second-order valence-electron chi connectivity index (χ2n) is 3.21. The fourth-order valence-corrected chi connectivity index (χ4v) is 1.80. The van der Waals surface area contributed by atoms with E-state index < -0.39 is 5.76 Å². The van der Waals surface area contributed by atoms with Crippen molar-refractivity contribution < 1.29 is 8.78 Å². The van der Waals surface area contributed by atoms with Crippen molar-refractivity contribution in [3.63, 3.8) is 0 Å². The molecule has 1 rings (SSSR count). The molecule has 0 radical (unpaired) electrons. The predicted molar refractivity (Wildman–Crippen MR) is 55.7 cm³/mol. The molecule has 0 aliphatic heterocycles. The van der Waals surface area contributed by atoms with E-state index in [1.807, 2.05) is 13.0 Å². The number of thioether (sulfide) groups is 1. The third-order valence-electron chi connectivity index (χ3n) is 1.68. The third kappa shape index (κ3) is 4.07. The monoisotopic (exact) mass is 217 g/mol. The number of benzene rings is 1. The van der Waals surface area contributed by atoms with E-state index in [0.717, 1.165) is 12.0 Å². The second kappa shape index (κ2) is 5.32. The van der Waals surface area contributed by atoms with E-state index in [1.165, 1.54) is 0 Å². The standard InChI is InChI=1S/C10H13F2NS/c1-7(13)5-8-3-2-4-9(6-8)14-10(11)12/h2-4,6-7,10H,5,13H2,1H3/t7-/m1/s1. The van der Waals surface area contributed by atoms with Crippen LogP contribution in [0.2, 0.25) is 0 Å². The van der Waals surface area contributed by atoms with Gasteiger partial charge in [0.2, 0.25) is 0 Å². The van der Waals surface area contributed by atoms with Gasteiger partial charge in [-0.2, -0.15) is 8.78 Å². The topological polar surface area (TPSA) is 26.0 Å². The first-order valence-electron chi connectivity index (χ1n) is 4.37. The van der Waals surface area contributed by atoms with Gasteiger partial charge in [-0.15, -0.1) is 0 Å². The molecule has 0 bridgehead atoms. The van der Waals surface area contributed by atoms with E-state index in [2.05, 4.69) is 0 Å². The van der Waals surface area contributed by atoms with Crippen molar-refractivity contribution in [1.82, 2.24) is 0 Å². The highest BCUT2D eigenvalue weighted by atomic mass is 32.2. The first-order valence-corrected chi connectivity index (χ1v) is 5.25. The van der Waals surface area contributed by atoms with Crippen LogP contribution >= 0.6 is 11.8 Å². The van der Waals surface area contributed by atoms with Crippen LogP contribution in [0.4, 0.5) is 8.78 Å². The van der Waals surface area contributed by atoms with Crippen molar-refractivity contribution in [1.29, 1.82) is 0 Å². The molecular formula is C10H13F2NS. The smallest absolute Gasteiger partial charge is 0.288 e. The van der Waals surface area contributed by atoms with E-state index in [1.54, 1.807) is 18.2 Å². The Morgan fingerprint density at radius 2 is 2.14 bits per heavy atom. The molecule has 0 unspecified atom stereocenters. The minimum Gasteiger partial charge on any atom is -0.328 e. The molecule has 1 nitrogen and oxygen atoms in total. The predicted octanol–water partition coefficient (Wildman–Crippen LogP) is 2.89. The van der Waals surface area contributed by atoms with E-state index in [4.69, 9.17) is 5.73 Å². The van der Waals surface area contributed by atoms with Gasteiger partial charge >= 0.3 is 0 Å². The van der Waals surface area contributed by atoms with Crippen LogP contribution < -0.4 is 5.73 Å². The molecule has 0 amide bonds. The van der Waals surface area contributed by atoms with Crippen molar-refractivity contribution in [3.8, 4) is 0 Å². The first-order chi connectivity index (χ1) is 6.58. The van der Waals surface area contributed by atoms with Crippen LogP contribution in [0, 0.1) is 0 Å². The fourth-order valence-electron chi connectivity index (χ4n) is 1.22.